The van der Waals surface area contributed by atoms with Crippen molar-refractivity contribution >= 4 is 34.0 Å². The maximum atomic E-state index is 8.95. The molecule has 3 aliphatic heterocycles. The van der Waals surface area contributed by atoms with Crippen LogP contribution in [-0.2, 0) is 0 Å². The van der Waals surface area contributed by atoms with Crippen molar-refractivity contribution < 1.29 is 9.59 Å². The minimum absolute atomic E-state index is 0.219. The molecule has 264 valence electrons. The summed E-state index contributed by atoms with van der Waals surface area (Å²) in [6.07, 6.45) is 5.11. The molecule has 14 heteroatoms. The fourth-order valence-corrected chi connectivity index (χ4v) is 6.62. The third kappa shape index (κ3) is 9.49. The van der Waals surface area contributed by atoms with Crippen molar-refractivity contribution in [2.75, 3.05) is 140 Å². The first-order chi connectivity index (χ1) is 23.4. The number of hydrogen-bond donors (Lipinski definition) is 6. The molecule has 0 spiro atoms. The van der Waals surface area contributed by atoms with E-state index in [1.54, 1.807) is 0 Å². The first-order valence-corrected chi connectivity index (χ1v) is 17.7. The van der Waals surface area contributed by atoms with Crippen LogP contribution in [-0.4, -0.2) is 157 Å². The van der Waals surface area contributed by atoms with E-state index in [4.69, 9.17) is 16.6 Å². The minimum atomic E-state index is 0.219. The molecule has 0 amide bonds. The molecule has 3 saturated heterocycles. The van der Waals surface area contributed by atoms with Crippen molar-refractivity contribution in [3.05, 3.63) is 48.8 Å². The molecule has 14 nitrogen and oxygen atoms in total. The molecule has 0 unspecified atom stereocenters. The second kappa shape index (κ2) is 17.7. The van der Waals surface area contributed by atoms with E-state index in [9.17, 15) is 0 Å². The van der Waals surface area contributed by atoms with Gasteiger partial charge in [-0.2, -0.15) is 0 Å². The number of fused-ring (bicyclic) bond motifs is 2. The number of anilines is 4. The van der Waals surface area contributed by atoms with Crippen molar-refractivity contribution in [2.24, 2.45) is 0 Å². The second-order valence-electron chi connectivity index (χ2n) is 13.2. The fraction of sp³-hybridized carbons (Fsp3) is 0.588. The summed E-state index contributed by atoms with van der Waals surface area (Å²) in [5, 5.41) is 27.8. The smallest absolute Gasteiger partial charge is 0.175 e. The van der Waals surface area contributed by atoms with Crippen LogP contribution in [0.25, 0.3) is 11.0 Å². The van der Waals surface area contributed by atoms with Gasteiger partial charge in [-0.3, -0.25) is 9.80 Å². The molecule has 0 aromatic carbocycles. The molecule has 0 bridgehead atoms. The monoisotopic (exact) mass is 664 g/mol. The van der Waals surface area contributed by atoms with Crippen LogP contribution in [0.4, 0.5) is 23.0 Å². The van der Waals surface area contributed by atoms with Crippen molar-refractivity contribution in [1.82, 2.24) is 39.7 Å². The van der Waals surface area contributed by atoms with Gasteiger partial charge < -0.3 is 41.9 Å². The summed E-state index contributed by atoms with van der Waals surface area (Å²) in [6.45, 7) is 19.6. The number of hydrogen-bond acceptors (Lipinski definition) is 11. The van der Waals surface area contributed by atoms with E-state index in [-0.39, 0.29) is 6.61 Å². The van der Waals surface area contributed by atoms with E-state index in [1.165, 1.54) is 43.6 Å². The molecule has 3 fully saturated rings. The highest BCUT2D eigenvalue weighted by Crippen LogP contribution is 2.27. The summed E-state index contributed by atoms with van der Waals surface area (Å²) in [5.74, 6) is 1.66. The van der Waals surface area contributed by atoms with Crippen molar-refractivity contribution in [3.8, 4) is 0 Å². The largest absolute Gasteiger partial charge is 0.395 e. The predicted molar refractivity (Wildman–Crippen MR) is 197 cm³/mol. The lowest BCUT2D eigenvalue weighted by Gasteiger charge is -2.42. The molecule has 48 heavy (non-hydrogen) atoms. The molecule has 0 aliphatic carbocycles. The van der Waals surface area contributed by atoms with Gasteiger partial charge in [0.2, 0.25) is 0 Å². The molecule has 7 heterocycles. The van der Waals surface area contributed by atoms with Crippen LogP contribution in [0.2, 0.25) is 0 Å². The molecular formula is C34H58N13O+. The average molecular weight is 665 g/mol. The second-order valence-corrected chi connectivity index (χ2v) is 13.2. The van der Waals surface area contributed by atoms with E-state index in [2.05, 4.69) is 54.8 Å². The van der Waals surface area contributed by atoms with Gasteiger partial charge in [0, 0.05) is 97.5 Å². The number of pyridine rings is 2. The lowest BCUT2D eigenvalue weighted by atomic mass is 10.2. The molecule has 0 saturated carbocycles. The van der Waals surface area contributed by atoms with Crippen LogP contribution in [0, 0.1) is 0 Å². The number of nitrogens with two attached hydrogens (primary N) is 2. The number of nitrogens with zero attached hydrogens (tertiary/aromatic N) is 8. The highest BCUT2D eigenvalue weighted by atomic mass is 16.3. The van der Waals surface area contributed by atoms with Crippen LogP contribution in [0.5, 0.6) is 0 Å². The van der Waals surface area contributed by atoms with Crippen LogP contribution < -0.4 is 32.3 Å². The van der Waals surface area contributed by atoms with Crippen molar-refractivity contribution in [3.63, 3.8) is 0 Å². The van der Waals surface area contributed by atoms with E-state index in [0.717, 1.165) is 106 Å². The molecule has 3 aliphatic rings. The first kappa shape index (κ1) is 35.6. The number of quaternary nitrogens is 1. The molecule has 4 aromatic heterocycles. The Hall–Kier alpha value is -3.66. The summed E-state index contributed by atoms with van der Waals surface area (Å²) in [4.78, 5) is 7.01. The molecule has 8 N–H and O–H groups in total. The zero-order valence-corrected chi connectivity index (χ0v) is 29.0. The molecule has 4 aromatic rings. The van der Waals surface area contributed by atoms with Gasteiger partial charge in [0.1, 0.15) is 11.4 Å². The number of aliphatic hydroxyl groups excluding tert-OH is 1. The number of likely N-dealkylation sites (N-methyl/N-ethyl adjacent to an activating group) is 1. The van der Waals surface area contributed by atoms with Gasteiger partial charge in [-0.1, -0.05) is 19.1 Å². The average Bonchev–Trinajstić information content (AvgIpc) is 3.63. The van der Waals surface area contributed by atoms with Crippen LogP contribution in [0.3, 0.4) is 0 Å². The summed E-state index contributed by atoms with van der Waals surface area (Å²) in [7, 11) is 2.39. The Morgan fingerprint density at radius 1 is 0.792 bits per heavy atom. The van der Waals surface area contributed by atoms with Gasteiger partial charge in [0.25, 0.3) is 0 Å². The summed E-state index contributed by atoms with van der Waals surface area (Å²) >= 11 is 0. The third-order valence-electron chi connectivity index (χ3n) is 9.58. The molecule has 0 radical (unpaired) electrons. The number of aliphatic hydroxyl groups is 1. The van der Waals surface area contributed by atoms with Gasteiger partial charge in [-0.15, -0.1) is 10.2 Å². The van der Waals surface area contributed by atoms with Crippen LogP contribution in [0.15, 0.2) is 48.8 Å². The van der Waals surface area contributed by atoms with E-state index < -0.39 is 0 Å². The van der Waals surface area contributed by atoms with Crippen molar-refractivity contribution in [2.45, 2.75) is 13.3 Å². The Labute approximate surface area is 285 Å². The number of rotatable bonds is 9. The van der Waals surface area contributed by atoms with E-state index >= 15 is 0 Å². The Balaban J connectivity index is 0.000000162. The maximum absolute atomic E-state index is 8.95. The lowest BCUT2D eigenvalue weighted by Crippen LogP contribution is -2.57. The topological polar surface area (TPSA) is 153 Å². The zero-order valence-electron chi connectivity index (χ0n) is 29.0. The van der Waals surface area contributed by atoms with Gasteiger partial charge >= 0.3 is 0 Å². The number of aromatic nitrogens is 4. The molecular weight excluding hydrogens is 606 g/mol. The van der Waals surface area contributed by atoms with E-state index in [0.29, 0.717) is 0 Å². The minimum Gasteiger partial charge on any atom is -0.395 e. The van der Waals surface area contributed by atoms with Crippen LogP contribution >= 0.6 is 0 Å². The van der Waals surface area contributed by atoms with Crippen molar-refractivity contribution in [1.29, 1.82) is 0 Å². The Morgan fingerprint density at radius 3 is 1.92 bits per heavy atom. The van der Waals surface area contributed by atoms with Gasteiger partial charge in [-0.25, -0.2) is 9.03 Å². The fourth-order valence-electron chi connectivity index (χ4n) is 6.62. The zero-order chi connectivity index (χ0) is 33.8. The quantitative estimate of drug-likeness (QED) is 0.140. The number of β-amino-alcohol motifs (C(OH)–C–C–N with tert-alkyl or cyclic N) is 1. The summed E-state index contributed by atoms with van der Waals surface area (Å²) < 4.78 is 4.87. The maximum Gasteiger partial charge on any atom is 0.175 e. The Morgan fingerprint density at radius 2 is 1.38 bits per heavy atom. The Bertz CT molecular complexity index is 1510. The lowest BCUT2D eigenvalue weighted by molar-refractivity contribution is -0.913. The summed E-state index contributed by atoms with van der Waals surface area (Å²) in [5.41, 5.74) is 15.7. The van der Waals surface area contributed by atoms with Crippen LogP contribution in [0.1, 0.15) is 13.3 Å². The number of nitrogen functional groups attached to an aromatic ring is 2. The van der Waals surface area contributed by atoms with Gasteiger partial charge in [-0.05, 0) is 30.7 Å². The summed E-state index contributed by atoms with van der Waals surface area (Å²) in [6, 6.07) is 11.8. The highest BCUT2D eigenvalue weighted by Gasteiger charge is 2.27. The predicted octanol–water partition coefficient (Wildman–Crippen LogP) is 0.711. The standard InChI is InChI=1S/C17H29N6.C13H19N5O.C4H10N2/c1-3-12-23(2)13-10-21(11-14-23)9-7-19-17-16(18)15-6-4-5-8-22(15)20-17;14-12-11-3-1-2-4-18(11)15-13(12)17-7-5-16(6-8-17)9-10-19;1-2-6-4-3-5-1/h4-6,8H,3,7,9-14,18H2,1-2H3,(H,19,20);1-4,19H,5-10,14H2;5-6H,1-4H2/q+1;;. The molecule has 7 rings (SSSR count). The Kier molecular flexibility index (Phi) is 13.1. The van der Waals surface area contributed by atoms with E-state index in [1.807, 2.05) is 57.8 Å². The first-order valence-electron chi connectivity index (χ1n) is 17.7. The molecule has 0 atom stereocenters. The van der Waals surface area contributed by atoms with Gasteiger partial charge in [0.05, 0.1) is 44.3 Å². The SMILES string of the molecule is C1CNCCN1.CCC[N+]1(C)CCN(CCNc2nn3ccccc3c2N)CC1.Nc1c(N2CCN(CCO)CC2)nn2ccccc12. The third-order valence-corrected chi connectivity index (χ3v) is 9.58. The normalized spacial score (nSPS) is 18.6. The van der Waals surface area contributed by atoms with Gasteiger partial charge in [0.15, 0.2) is 11.6 Å². The number of piperazine rings is 3. The highest BCUT2D eigenvalue weighted by molar-refractivity contribution is 5.81. The number of nitrogens with one attached hydrogen (secondary N) is 3.